The van der Waals surface area contributed by atoms with Crippen LogP contribution in [-0.4, -0.2) is 23.3 Å². The molecule has 1 aromatic rings. The standard InChI is InChI=1S/C12H19N3S/c1-2-13-4-3-11-14-15-12(16-11)10-6-8-5-9(8)7-10/h8-10,13H,2-7H2,1H3. The number of likely N-dealkylation sites (N-methyl/N-ethyl adjacent to an activating group) is 1. The van der Waals surface area contributed by atoms with Gasteiger partial charge in [-0.2, -0.15) is 0 Å². The summed E-state index contributed by atoms with van der Waals surface area (Å²) in [7, 11) is 0. The van der Waals surface area contributed by atoms with Crippen LogP contribution in [0.3, 0.4) is 0 Å². The number of hydrogen-bond donors (Lipinski definition) is 1. The molecule has 2 aliphatic carbocycles. The average Bonchev–Trinajstić information content (AvgIpc) is 2.76. The second kappa shape index (κ2) is 4.41. The molecule has 3 rings (SSSR count). The summed E-state index contributed by atoms with van der Waals surface area (Å²) in [5.41, 5.74) is 0. The van der Waals surface area contributed by atoms with E-state index in [-0.39, 0.29) is 0 Å². The van der Waals surface area contributed by atoms with E-state index >= 15 is 0 Å². The van der Waals surface area contributed by atoms with Crippen molar-refractivity contribution in [2.45, 2.75) is 38.5 Å². The molecule has 0 amide bonds. The van der Waals surface area contributed by atoms with Gasteiger partial charge in [0.1, 0.15) is 10.0 Å². The van der Waals surface area contributed by atoms with Crippen LogP contribution >= 0.6 is 11.3 Å². The first-order chi connectivity index (χ1) is 7.86. The van der Waals surface area contributed by atoms with Crippen LogP contribution in [0.5, 0.6) is 0 Å². The molecule has 2 unspecified atom stereocenters. The largest absolute Gasteiger partial charge is 0.317 e. The van der Waals surface area contributed by atoms with Crippen LogP contribution < -0.4 is 5.32 Å². The molecule has 4 heteroatoms. The minimum Gasteiger partial charge on any atom is -0.317 e. The van der Waals surface area contributed by atoms with E-state index in [1.807, 2.05) is 11.3 Å². The maximum Gasteiger partial charge on any atom is 0.120 e. The summed E-state index contributed by atoms with van der Waals surface area (Å²) in [6.07, 6.45) is 5.28. The quantitative estimate of drug-likeness (QED) is 0.798. The Morgan fingerprint density at radius 2 is 2.06 bits per heavy atom. The lowest BCUT2D eigenvalue weighted by Gasteiger charge is -2.05. The van der Waals surface area contributed by atoms with Crippen molar-refractivity contribution in [3.8, 4) is 0 Å². The summed E-state index contributed by atoms with van der Waals surface area (Å²) in [6.45, 7) is 4.20. The normalized spacial score (nSPS) is 31.7. The Hall–Kier alpha value is -0.480. The molecular weight excluding hydrogens is 218 g/mol. The van der Waals surface area contributed by atoms with Gasteiger partial charge in [0, 0.05) is 18.9 Å². The first-order valence-corrected chi connectivity index (χ1v) is 7.21. The highest BCUT2D eigenvalue weighted by Gasteiger charge is 2.47. The molecule has 0 bridgehead atoms. The predicted molar refractivity (Wildman–Crippen MR) is 65.7 cm³/mol. The van der Waals surface area contributed by atoms with Gasteiger partial charge in [-0.25, -0.2) is 0 Å². The molecule has 0 aliphatic heterocycles. The summed E-state index contributed by atoms with van der Waals surface area (Å²) in [5, 5.41) is 14.5. The SMILES string of the molecule is CCNCCc1nnc(C2CC3CC3C2)s1. The topological polar surface area (TPSA) is 37.8 Å². The van der Waals surface area contributed by atoms with E-state index in [9.17, 15) is 0 Å². The minimum atomic E-state index is 0.745. The van der Waals surface area contributed by atoms with E-state index in [4.69, 9.17) is 0 Å². The summed E-state index contributed by atoms with van der Waals surface area (Å²) in [4.78, 5) is 0. The Labute approximate surface area is 101 Å². The molecule has 3 nitrogen and oxygen atoms in total. The molecule has 2 aliphatic rings. The van der Waals surface area contributed by atoms with Crippen molar-refractivity contribution < 1.29 is 0 Å². The van der Waals surface area contributed by atoms with Crippen molar-refractivity contribution in [2.24, 2.45) is 11.8 Å². The van der Waals surface area contributed by atoms with Crippen LogP contribution in [0.25, 0.3) is 0 Å². The molecule has 2 atom stereocenters. The van der Waals surface area contributed by atoms with Crippen molar-refractivity contribution in [2.75, 3.05) is 13.1 Å². The Bertz CT molecular complexity index is 353. The molecule has 88 valence electrons. The predicted octanol–water partition coefficient (Wildman–Crippen LogP) is 2.20. The zero-order valence-electron chi connectivity index (χ0n) is 9.78. The molecule has 2 fully saturated rings. The van der Waals surface area contributed by atoms with Crippen molar-refractivity contribution in [3.05, 3.63) is 10.0 Å². The summed E-state index contributed by atoms with van der Waals surface area (Å²) >= 11 is 1.84. The van der Waals surface area contributed by atoms with Crippen molar-refractivity contribution in [1.82, 2.24) is 15.5 Å². The highest BCUT2D eigenvalue weighted by Crippen LogP contribution is 2.57. The van der Waals surface area contributed by atoms with E-state index in [0.29, 0.717) is 0 Å². The maximum absolute atomic E-state index is 4.37. The lowest BCUT2D eigenvalue weighted by Crippen LogP contribution is -2.15. The molecule has 1 N–H and O–H groups in total. The van der Waals surface area contributed by atoms with Crippen molar-refractivity contribution in [3.63, 3.8) is 0 Å². The van der Waals surface area contributed by atoms with E-state index in [2.05, 4.69) is 22.4 Å². The van der Waals surface area contributed by atoms with E-state index in [0.717, 1.165) is 37.3 Å². The van der Waals surface area contributed by atoms with Crippen LogP contribution in [-0.2, 0) is 6.42 Å². The Balaban J connectivity index is 1.55. The molecular formula is C12H19N3S. The van der Waals surface area contributed by atoms with Crippen LogP contribution in [0.2, 0.25) is 0 Å². The second-order valence-electron chi connectivity index (χ2n) is 5.06. The maximum atomic E-state index is 4.37. The Morgan fingerprint density at radius 3 is 2.81 bits per heavy atom. The molecule has 0 aromatic carbocycles. The number of hydrogen-bond acceptors (Lipinski definition) is 4. The number of rotatable bonds is 5. The fourth-order valence-electron chi connectivity index (χ4n) is 2.82. The van der Waals surface area contributed by atoms with E-state index in [1.54, 1.807) is 0 Å². The Kier molecular flexibility index (Phi) is 2.94. The summed E-state index contributed by atoms with van der Waals surface area (Å²) in [5.74, 6) is 2.83. The highest BCUT2D eigenvalue weighted by atomic mass is 32.1. The van der Waals surface area contributed by atoms with Crippen molar-refractivity contribution in [1.29, 1.82) is 0 Å². The second-order valence-corrected chi connectivity index (χ2v) is 6.16. The number of fused-ring (bicyclic) bond motifs is 1. The fourth-order valence-corrected chi connectivity index (χ4v) is 3.79. The third-order valence-corrected chi connectivity index (χ3v) is 4.99. The molecule has 0 spiro atoms. The van der Waals surface area contributed by atoms with Crippen LogP contribution in [0.1, 0.15) is 42.1 Å². The smallest absolute Gasteiger partial charge is 0.120 e. The highest BCUT2D eigenvalue weighted by molar-refractivity contribution is 7.11. The van der Waals surface area contributed by atoms with Gasteiger partial charge in [-0.3, -0.25) is 0 Å². The van der Waals surface area contributed by atoms with Gasteiger partial charge >= 0.3 is 0 Å². The van der Waals surface area contributed by atoms with Gasteiger partial charge < -0.3 is 5.32 Å². The zero-order chi connectivity index (χ0) is 11.0. The van der Waals surface area contributed by atoms with Crippen LogP contribution in [0.4, 0.5) is 0 Å². The van der Waals surface area contributed by atoms with E-state index in [1.165, 1.54) is 29.3 Å². The number of nitrogens with one attached hydrogen (secondary N) is 1. The molecule has 16 heavy (non-hydrogen) atoms. The minimum absolute atomic E-state index is 0.745. The summed E-state index contributed by atoms with van der Waals surface area (Å²) in [6, 6.07) is 0. The molecule has 0 saturated heterocycles. The van der Waals surface area contributed by atoms with Crippen molar-refractivity contribution >= 4 is 11.3 Å². The van der Waals surface area contributed by atoms with Gasteiger partial charge in [0.25, 0.3) is 0 Å². The van der Waals surface area contributed by atoms with Gasteiger partial charge in [0.05, 0.1) is 0 Å². The van der Waals surface area contributed by atoms with Gasteiger partial charge in [0.2, 0.25) is 0 Å². The van der Waals surface area contributed by atoms with Crippen LogP contribution in [0, 0.1) is 11.8 Å². The van der Waals surface area contributed by atoms with Gasteiger partial charge in [-0.15, -0.1) is 21.5 Å². The molecule has 2 saturated carbocycles. The Morgan fingerprint density at radius 1 is 1.25 bits per heavy atom. The van der Waals surface area contributed by atoms with E-state index < -0.39 is 0 Å². The van der Waals surface area contributed by atoms with Gasteiger partial charge in [-0.05, 0) is 37.6 Å². The van der Waals surface area contributed by atoms with Crippen LogP contribution in [0.15, 0.2) is 0 Å². The molecule has 1 aromatic heterocycles. The zero-order valence-corrected chi connectivity index (χ0v) is 10.6. The lowest BCUT2D eigenvalue weighted by molar-refractivity contribution is 0.614. The molecule has 1 heterocycles. The van der Waals surface area contributed by atoms with Gasteiger partial charge in [0.15, 0.2) is 0 Å². The third-order valence-electron chi connectivity index (χ3n) is 3.84. The lowest BCUT2D eigenvalue weighted by atomic mass is 10.1. The number of aromatic nitrogens is 2. The average molecular weight is 237 g/mol. The van der Waals surface area contributed by atoms with Gasteiger partial charge in [-0.1, -0.05) is 6.92 Å². The monoisotopic (exact) mass is 237 g/mol. The first kappa shape index (κ1) is 10.7. The summed E-state index contributed by atoms with van der Waals surface area (Å²) < 4.78 is 0. The fraction of sp³-hybridized carbons (Fsp3) is 0.833. The molecule has 0 radical (unpaired) electrons. The number of nitrogens with zero attached hydrogens (tertiary/aromatic N) is 2. The third kappa shape index (κ3) is 2.13. The first-order valence-electron chi connectivity index (χ1n) is 6.39.